The van der Waals surface area contributed by atoms with Crippen molar-refractivity contribution in [1.82, 2.24) is 0 Å². The molecule has 0 amide bonds. The zero-order valence-corrected chi connectivity index (χ0v) is 13.5. The zero-order valence-electron chi connectivity index (χ0n) is 13.5. The fourth-order valence-electron chi connectivity index (χ4n) is 2.95. The van der Waals surface area contributed by atoms with Crippen LogP contribution in [0.3, 0.4) is 0 Å². The second kappa shape index (κ2) is 8.11. The van der Waals surface area contributed by atoms with E-state index in [1.54, 1.807) is 0 Å². The molecule has 0 aromatic carbocycles. The van der Waals surface area contributed by atoms with Crippen molar-refractivity contribution in [2.75, 3.05) is 0 Å². The fourth-order valence-corrected chi connectivity index (χ4v) is 2.95. The molecule has 0 spiro atoms. The topological polar surface area (TPSA) is 34.3 Å². The van der Waals surface area contributed by atoms with Crippen molar-refractivity contribution in [2.24, 2.45) is 0 Å². The Morgan fingerprint density at radius 2 is 1.29 bits per heavy atom. The van der Waals surface area contributed by atoms with Crippen molar-refractivity contribution in [3.8, 4) is 0 Å². The summed E-state index contributed by atoms with van der Waals surface area (Å²) >= 11 is 0. The molecule has 6 atom stereocenters. The molecule has 0 radical (unpaired) electrons. The summed E-state index contributed by atoms with van der Waals surface area (Å²) in [5, 5.41) is 0. The van der Waals surface area contributed by atoms with Crippen molar-refractivity contribution in [3.05, 3.63) is 25.3 Å². The molecule has 0 saturated carbocycles. The van der Waals surface area contributed by atoms with Gasteiger partial charge in [-0.2, -0.15) is 0 Å². The molecule has 2 fully saturated rings. The molecule has 6 unspecified atom stereocenters. The van der Waals surface area contributed by atoms with E-state index in [1.807, 2.05) is 12.2 Å². The summed E-state index contributed by atoms with van der Waals surface area (Å²) in [5.74, 6) is 0. The van der Waals surface area contributed by atoms with Crippen LogP contribution in [0.15, 0.2) is 25.3 Å². The van der Waals surface area contributed by atoms with Crippen LogP contribution in [0.2, 0.25) is 0 Å². The maximum Gasteiger partial charge on any atom is 0.0869 e. The number of ether oxygens (including phenoxy) is 3. The van der Waals surface area contributed by atoms with Gasteiger partial charge in [0.15, 0.2) is 0 Å². The van der Waals surface area contributed by atoms with E-state index >= 15 is 0 Å². The number of hydrogen-bond donors (Lipinski definition) is 0. The maximum atomic E-state index is 6.11. The minimum atomic E-state index is 0.0447. The first-order valence-corrected chi connectivity index (χ1v) is 8.43. The molecule has 2 rings (SSSR count). The first-order valence-electron chi connectivity index (χ1n) is 8.43. The summed E-state index contributed by atoms with van der Waals surface area (Å²) in [6.45, 7) is 12.2. The molecule has 0 bridgehead atoms. The lowest BCUT2D eigenvalue weighted by atomic mass is 10.1. The average molecular weight is 294 g/mol. The summed E-state index contributed by atoms with van der Waals surface area (Å²) in [4.78, 5) is 0. The van der Waals surface area contributed by atoms with E-state index in [0.717, 1.165) is 25.7 Å². The Labute approximate surface area is 129 Å². The van der Waals surface area contributed by atoms with Crippen LogP contribution in [-0.2, 0) is 14.2 Å². The van der Waals surface area contributed by atoms with Gasteiger partial charge in [0.2, 0.25) is 0 Å². The normalized spacial score (nSPS) is 33.2. The highest BCUT2D eigenvalue weighted by molar-refractivity contribution is 4.96. The van der Waals surface area contributed by atoms with E-state index in [1.165, 1.54) is 12.8 Å². The van der Waals surface area contributed by atoms with Gasteiger partial charge in [0.1, 0.15) is 0 Å². The van der Waals surface area contributed by atoms with Gasteiger partial charge in [-0.05, 0) is 12.8 Å². The number of epoxide rings is 2. The van der Waals surface area contributed by atoms with Gasteiger partial charge in [-0.25, -0.2) is 0 Å². The molecule has 0 N–H and O–H groups in total. The first kappa shape index (κ1) is 16.7. The van der Waals surface area contributed by atoms with Gasteiger partial charge in [-0.15, -0.1) is 13.2 Å². The van der Waals surface area contributed by atoms with Gasteiger partial charge < -0.3 is 14.2 Å². The highest BCUT2D eigenvalue weighted by Crippen LogP contribution is 2.34. The summed E-state index contributed by atoms with van der Waals surface area (Å²) in [6, 6.07) is 0. The minimum absolute atomic E-state index is 0.0447. The SMILES string of the molecule is C=CC(CC1OC1CCC)OC(C=C)CC1OC1CCC. The Morgan fingerprint density at radius 3 is 1.62 bits per heavy atom. The van der Waals surface area contributed by atoms with E-state index in [9.17, 15) is 0 Å². The van der Waals surface area contributed by atoms with Gasteiger partial charge in [0.05, 0.1) is 36.6 Å². The fraction of sp³-hybridized carbons (Fsp3) is 0.778. The zero-order chi connectivity index (χ0) is 15.2. The van der Waals surface area contributed by atoms with Gasteiger partial charge in [0, 0.05) is 12.8 Å². The molecule has 21 heavy (non-hydrogen) atoms. The van der Waals surface area contributed by atoms with Crippen molar-refractivity contribution in [3.63, 3.8) is 0 Å². The lowest BCUT2D eigenvalue weighted by molar-refractivity contribution is 0.0251. The van der Waals surface area contributed by atoms with Crippen LogP contribution in [-0.4, -0.2) is 36.6 Å². The van der Waals surface area contributed by atoms with Crippen molar-refractivity contribution >= 4 is 0 Å². The molecule has 0 aromatic rings. The Bertz CT molecular complexity index is 309. The third kappa shape index (κ3) is 5.24. The van der Waals surface area contributed by atoms with Crippen LogP contribution >= 0.6 is 0 Å². The van der Waals surface area contributed by atoms with Crippen molar-refractivity contribution < 1.29 is 14.2 Å². The highest BCUT2D eigenvalue weighted by atomic mass is 16.6. The molecular formula is C18H30O3. The molecule has 3 heteroatoms. The molecule has 120 valence electrons. The van der Waals surface area contributed by atoms with Crippen LogP contribution in [0.4, 0.5) is 0 Å². The predicted octanol–water partition coefficient (Wildman–Crippen LogP) is 4.03. The van der Waals surface area contributed by atoms with Crippen molar-refractivity contribution in [2.45, 2.75) is 89.0 Å². The monoisotopic (exact) mass is 294 g/mol. The lowest BCUT2D eigenvalue weighted by Crippen LogP contribution is -2.22. The molecule has 2 saturated heterocycles. The van der Waals surface area contributed by atoms with Crippen LogP contribution < -0.4 is 0 Å². The van der Waals surface area contributed by atoms with E-state index in [2.05, 4.69) is 27.0 Å². The molecule has 2 heterocycles. The smallest absolute Gasteiger partial charge is 0.0869 e. The van der Waals surface area contributed by atoms with E-state index in [4.69, 9.17) is 14.2 Å². The Balaban J connectivity index is 1.69. The molecule has 0 aromatic heterocycles. The summed E-state index contributed by atoms with van der Waals surface area (Å²) in [6.07, 6.45) is 11.9. The second-order valence-corrected chi connectivity index (χ2v) is 6.16. The third-order valence-corrected chi connectivity index (χ3v) is 4.33. The molecule has 3 nitrogen and oxygen atoms in total. The number of hydrogen-bond acceptors (Lipinski definition) is 3. The van der Waals surface area contributed by atoms with Gasteiger partial charge in [-0.3, -0.25) is 0 Å². The van der Waals surface area contributed by atoms with E-state index < -0.39 is 0 Å². The lowest BCUT2D eigenvalue weighted by Gasteiger charge is -2.19. The quantitative estimate of drug-likeness (QED) is 0.402. The van der Waals surface area contributed by atoms with Gasteiger partial charge in [0.25, 0.3) is 0 Å². The first-order chi connectivity index (χ1) is 10.2. The summed E-state index contributed by atoms with van der Waals surface area (Å²) in [5.41, 5.74) is 0. The highest BCUT2D eigenvalue weighted by Gasteiger charge is 2.41. The summed E-state index contributed by atoms with van der Waals surface area (Å²) < 4.78 is 17.4. The molecule has 2 aliphatic rings. The second-order valence-electron chi connectivity index (χ2n) is 6.16. The average Bonchev–Trinajstić information content (AvgIpc) is 3.38. The van der Waals surface area contributed by atoms with Crippen LogP contribution in [0, 0.1) is 0 Å². The Morgan fingerprint density at radius 1 is 0.857 bits per heavy atom. The standard InChI is InChI=1S/C18H30O3/c1-5-9-15-17(20-15)11-13(7-3)19-14(8-4)12-18-16(21-18)10-6-2/h7-8,13-18H,3-6,9-12H2,1-2H3. The van der Waals surface area contributed by atoms with Crippen LogP contribution in [0.25, 0.3) is 0 Å². The molecule has 2 aliphatic heterocycles. The maximum absolute atomic E-state index is 6.11. The predicted molar refractivity (Wildman–Crippen MR) is 85.4 cm³/mol. The van der Waals surface area contributed by atoms with E-state index in [0.29, 0.717) is 24.4 Å². The Hall–Kier alpha value is -0.640. The third-order valence-electron chi connectivity index (χ3n) is 4.33. The van der Waals surface area contributed by atoms with Crippen LogP contribution in [0.1, 0.15) is 52.4 Å². The number of rotatable bonds is 12. The molecule has 0 aliphatic carbocycles. The van der Waals surface area contributed by atoms with Crippen LogP contribution in [0.5, 0.6) is 0 Å². The summed E-state index contributed by atoms with van der Waals surface area (Å²) in [7, 11) is 0. The minimum Gasteiger partial charge on any atom is -0.369 e. The van der Waals surface area contributed by atoms with Crippen molar-refractivity contribution in [1.29, 1.82) is 0 Å². The molecular weight excluding hydrogens is 264 g/mol. The van der Waals surface area contributed by atoms with E-state index in [-0.39, 0.29) is 12.2 Å². The largest absolute Gasteiger partial charge is 0.369 e. The van der Waals surface area contributed by atoms with Gasteiger partial charge >= 0.3 is 0 Å². The Kier molecular flexibility index (Phi) is 6.46. The van der Waals surface area contributed by atoms with Gasteiger partial charge in [-0.1, -0.05) is 38.8 Å².